The summed E-state index contributed by atoms with van der Waals surface area (Å²) in [6, 6.07) is 86.2. The van der Waals surface area contributed by atoms with E-state index >= 15 is 0 Å². The van der Waals surface area contributed by atoms with E-state index < -0.39 is 5.41 Å². The fourth-order valence-electron chi connectivity index (χ4n) is 12.2. The van der Waals surface area contributed by atoms with Gasteiger partial charge in [0, 0.05) is 27.6 Å². The highest BCUT2D eigenvalue weighted by Gasteiger charge is 2.53. The van der Waals surface area contributed by atoms with Crippen molar-refractivity contribution in [3.05, 3.63) is 264 Å². The third kappa shape index (κ3) is 4.96. The summed E-state index contributed by atoms with van der Waals surface area (Å²) in [6.45, 7) is 4.87. The van der Waals surface area contributed by atoms with E-state index in [0.717, 1.165) is 5.69 Å². The van der Waals surface area contributed by atoms with Gasteiger partial charge >= 0.3 is 0 Å². The van der Waals surface area contributed by atoms with Gasteiger partial charge in [0.15, 0.2) is 0 Å². The predicted molar refractivity (Wildman–Crippen MR) is 275 cm³/mol. The maximum Gasteiger partial charge on any atom is 0.0726 e. The molecule has 1 aromatic heterocycles. The van der Waals surface area contributed by atoms with Crippen molar-refractivity contribution in [3.63, 3.8) is 0 Å². The zero-order valence-corrected chi connectivity index (χ0v) is 36.8. The first-order valence-electron chi connectivity index (χ1n) is 23.2. The van der Waals surface area contributed by atoms with Crippen LogP contribution in [0.15, 0.2) is 231 Å². The second-order valence-electron chi connectivity index (χ2n) is 18.8. The molecule has 0 saturated carbocycles. The molecule has 2 nitrogen and oxygen atoms in total. The number of rotatable bonds is 4. The second kappa shape index (κ2) is 13.7. The Morgan fingerprint density at radius 3 is 1.52 bits per heavy atom. The Balaban J connectivity index is 0.998. The van der Waals surface area contributed by atoms with E-state index in [1.165, 1.54) is 117 Å². The van der Waals surface area contributed by atoms with Crippen molar-refractivity contribution >= 4 is 38.9 Å². The Kier molecular flexibility index (Phi) is 7.70. The lowest BCUT2D eigenvalue weighted by atomic mass is 9.68. The van der Waals surface area contributed by atoms with Gasteiger partial charge in [-0.25, -0.2) is 0 Å². The predicted octanol–water partition coefficient (Wildman–Crippen LogP) is 16.6. The van der Waals surface area contributed by atoms with Crippen LogP contribution in [0, 0.1) is 0 Å². The molecule has 10 aromatic carbocycles. The van der Waals surface area contributed by atoms with Crippen molar-refractivity contribution in [2.24, 2.45) is 0 Å². The summed E-state index contributed by atoms with van der Waals surface area (Å²) < 4.78 is 2.39. The Labute approximate surface area is 385 Å². The van der Waals surface area contributed by atoms with Gasteiger partial charge in [0.25, 0.3) is 0 Å². The van der Waals surface area contributed by atoms with Crippen LogP contribution < -0.4 is 4.90 Å². The van der Waals surface area contributed by atoms with E-state index in [1.54, 1.807) is 0 Å². The number of anilines is 3. The van der Waals surface area contributed by atoms with E-state index in [4.69, 9.17) is 0 Å². The lowest BCUT2D eigenvalue weighted by Crippen LogP contribution is -2.32. The number of para-hydroxylation sites is 2. The van der Waals surface area contributed by atoms with Crippen LogP contribution in [0.1, 0.15) is 47.2 Å². The highest BCUT2D eigenvalue weighted by atomic mass is 15.2. The smallest absolute Gasteiger partial charge is 0.0726 e. The van der Waals surface area contributed by atoms with Gasteiger partial charge in [-0.15, -0.1) is 0 Å². The molecule has 310 valence electrons. The molecule has 1 aliphatic heterocycles. The number of hydrogen-bond acceptors (Lipinski definition) is 1. The Hall–Kier alpha value is -8.20. The van der Waals surface area contributed by atoms with Crippen LogP contribution >= 0.6 is 0 Å². The van der Waals surface area contributed by atoms with Crippen molar-refractivity contribution in [1.29, 1.82) is 0 Å². The van der Waals surface area contributed by atoms with Crippen molar-refractivity contribution < 1.29 is 0 Å². The Morgan fingerprint density at radius 2 is 0.818 bits per heavy atom. The van der Waals surface area contributed by atoms with E-state index in [-0.39, 0.29) is 5.41 Å². The molecule has 0 atom stereocenters. The summed E-state index contributed by atoms with van der Waals surface area (Å²) in [6.07, 6.45) is 0. The van der Waals surface area contributed by atoms with E-state index in [2.05, 4.69) is 254 Å². The van der Waals surface area contributed by atoms with Crippen LogP contribution in [0.5, 0.6) is 0 Å². The summed E-state index contributed by atoms with van der Waals surface area (Å²) >= 11 is 0. The Bertz CT molecular complexity index is 3730. The molecule has 66 heavy (non-hydrogen) atoms. The van der Waals surface area contributed by atoms with Gasteiger partial charge in [-0.2, -0.15) is 0 Å². The van der Waals surface area contributed by atoms with Crippen LogP contribution in [0.4, 0.5) is 17.1 Å². The van der Waals surface area contributed by atoms with E-state index in [1.807, 2.05) is 0 Å². The summed E-state index contributed by atoms with van der Waals surface area (Å²) in [4.78, 5) is 2.55. The van der Waals surface area contributed by atoms with Gasteiger partial charge in [0.2, 0.25) is 0 Å². The van der Waals surface area contributed by atoms with E-state index in [0.29, 0.717) is 0 Å². The van der Waals surface area contributed by atoms with Crippen LogP contribution in [-0.4, -0.2) is 4.57 Å². The number of aromatic nitrogens is 1. The molecule has 0 bridgehead atoms. The molecule has 0 saturated heterocycles. The quantitative estimate of drug-likeness (QED) is 0.171. The first-order chi connectivity index (χ1) is 32.5. The molecular formula is C64H44N2. The van der Waals surface area contributed by atoms with E-state index in [9.17, 15) is 0 Å². The van der Waals surface area contributed by atoms with Crippen LogP contribution in [0.2, 0.25) is 0 Å². The highest BCUT2D eigenvalue weighted by molar-refractivity contribution is 6.10. The average molecular weight is 841 g/mol. The van der Waals surface area contributed by atoms with Gasteiger partial charge in [0.1, 0.15) is 0 Å². The summed E-state index contributed by atoms with van der Waals surface area (Å²) in [5.74, 6) is 0. The molecule has 3 aliphatic rings. The molecule has 0 fully saturated rings. The molecular weight excluding hydrogens is 797 g/mol. The van der Waals surface area contributed by atoms with Gasteiger partial charge in [-0.05, 0) is 145 Å². The molecule has 0 N–H and O–H groups in total. The molecule has 2 heteroatoms. The molecule has 0 radical (unpaired) electrons. The zero-order chi connectivity index (χ0) is 43.7. The maximum atomic E-state index is 2.57. The fourth-order valence-corrected chi connectivity index (χ4v) is 12.2. The molecule has 1 spiro atoms. The lowest BCUT2D eigenvalue weighted by Gasteiger charge is -2.43. The molecule has 14 rings (SSSR count). The van der Waals surface area contributed by atoms with Crippen LogP contribution in [-0.2, 0) is 10.8 Å². The van der Waals surface area contributed by atoms with Crippen molar-refractivity contribution in [3.8, 4) is 50.2 Å². The average Bonchev–Trinajstić information content (AvgIpc) is 3.98. The van der Waals surface area contributed by atoms with Gasteiger partial charge < -0.3 is 9.47 Å². The first kappa shape index (κ1) is 37.2. The fraction of sp³-hybridized carbons (Fsp3) is 0.0625. The molecule has 2 heterocycles. The van der Waals surface area contributed by atoms with Crippen molar-refractivity contribution in [2.75, 3.05) is 4.90 Å². The summed E-state index contributed by atoms with van der Waals surface area (Å²) in [7, 11) is 0. The third-order valence-electron chi connectivity index (χ3n) is 15.2. The third-order valence-corrected chi connectivity index (χ3v) is 15.2. The highest BCUT2D eigenvalue weighted by Crippen LogP contribution is 2.65. The maximum absolute atomic E-state index is 2.57. The van der Waals surface area contributed by atoms with Crippen molar-refractivity contribution in [1.82, 2.24) is 4.57 Å². The summed E-state index contributed by atoms with van der Waals surface area (Å²) in [5, 5.41) is 2.52. The SMILES string of the molecule is CC1(C)c2cc(-c3ccc4c(c3)c3ccccc3n4-c3ccccc3)ccc2N(c2ccc(-c3ccccc3)cc2)c2cc3c(cc21)-c1ccccc1C31c2ccccc2-c2ccccc21. The van der Waals surface area contributed by atoms with Crippen LogP contribution in [0.25, 0.3) is 72.0 Å². The minimum Gasteiger partial charge on any atom is -0.310 e. The zero-order valence-electron chi connectivity index (χ0n) is 36.8. The summed E-state index contributed by atoms with van der Waals surface area (Å²) in [5.41, 5.74) is 24.6. The lowest BCUT2D eigenvalue weighted by molar-refractivity contribution is 0.631. The topological polar surface area (TPSA) is 8.17 Å². The minimum absolute atomic E-state index is 0.334. The molecule has 0 unspecified atom stereocenters. The monoisotopic (exact) mass is 840 g/mol. The van der Waals surface area contributed by atoms with Gasteiger partial charge in [-0.3, -0.25) is 0 Å². The molecule has 11 aromatic rings. The number of nitrogens with zero attached hydrogens (tertiary/aromatic N) is 2. The van der Waals surface area contributed by atoms with Crippen molar-refractivity contribution in [2.45, 2.75) is 24.7 Å². The van der Waals surface area contributed by atoms with Gasteiger partial charge in [-0.1, -0.05) is 178 Å². The number of benzene rings is 10. The normalized spacial score (nSPS) is 14.4. The molecule has 0 amide bonds. The number of fused-ring (bicyclic) bond motifs is 15. The van der Waals surface area contributed by atoms with Crippen LogP contribution in [0.3, 0.4) is 0 Å². The van der Waals surface area contributed by atoms with Gasteiger partial charge in [0.05, 0.1) is 27.8 Å². The first-order valence-corrected chi connectivity index (χ1v) is 23.2. The second-order valence-corrected chi connectivity index (χ2v) is 18.8. The Morgan fingerprint density at radius 1 is 0.303 bits per heavy atom. The largest absolute Gasteiger partial charge is 0.310 e. The molecule has 2 aliphatic carbocycles. The standard InChI is InChI=1S/C64H44N2/c1-63(2)57-38-44(43-31-35-60-52(37-43)50-24-12-16-28-59(50)65(60)45-19-7-4-8-20-45)32-36-61(57)66(46-33-29-42(30-34-46)41-17-5-3-6-18-41)62-40-56-51(39-58(62)63)49-23-11-15-27-55(49)64(56)53-25-13-9-21-47(53)48-22-10-14-26-54(48)64/h3-40H,1-2H3. The number of hydrogen-bond donors (Lipinski definition) is 0. The minimum atomic E-state index is -0.437.